The smallest absolute Gasteiger partial charge is 0.250 e. The van der Waals surface area contributed by atoms with Crippen molar-refractivity contribution in [2.75, 3.05) is 25.6 Å². The van der Waals surface area contributed by atoms with Crippen molar-refractivity contribution in [3.05, 3.63) is 58.6 Å². The molecule has 2 aromatic rings. The minimum absolute atomic E-state index is 0.132. The molecule has 2 saturated heterocycles. The Labute approximate surface area is 189 Å². The number of phenolic OH excluding ortho intramolecular Hbond substituents is 1. The molecule has 0 bridgehead atoms. The summed E-state index contributed by atoms with van der Waals surface area (Å²) in [6.45, 7) is 0.349. The fraction of sp³-hybridized carbons (Fsp3) is 0.348. The average molecular weight is 456 g/mol. The van der Waals surface area contributed by atoms with Crippen LogP contribution in [0, 0.1) is 11.8 Å². The molecule has 3 aliphatic rings. The highest BCUT2D eigenvalue weighted by Gasteiger charge is 2.70. The molecule has 32 heavy (non-hydrogen) atoms. The molecule has 5 rings (SSSR count). The van der Waals surface area contributed by atoms with Crippen LogP contribution < -0.4 is 10.6 Å². The van der Waals surface area contributed by atoms with Crippen molar-refractivity contribution in [1.29, 1.82) is 0 Å². The number of rotatable bonds is 5. The van der Waals surface area contributed by atoms with E-state index in [1.807, 2.05) is 0 Å². The molecule has 0 aromatic heterocycles. The second kappa shape index (κ2) is 7.58. The number of anilines is 1. The topological polar surface area (TPSA) is 108 Å². The highest BCUT2D eigenvalue weighted by Crippen LogP contribution is 2.54. The van der Waals surface area contributed by atoms with Crippen LogP contribution in [-0.2, 0) is 31.1 Å². The number of fused-ring (bicyclic) bond motifs is 4. The lowest BCUT2D eigenvalue weighted by molar-refractivity contribution is -0.143. The maximum atomic E-state index is 13.5. The number of ether oxygens (including phenoxy) is 1. The Bertz CT molecular complexity index is 1120. The quantitative estimate of drug-likeness (QED) is 0.592. The summed E-state index contributed by atoms with van der Waals surface area (Å²) in [6.07, 6.45) is 0.406. The molecule has 1 spiro atoms. The van der Waals surface area contributed by atoms with Crippen molar-refractivity contribution >= 4 is 35.0 Å². The van der Waals surface area contributed by atoms with Gasteiger partial charge in [0.15, 0.2) is 0 Å². The van der Waals surface area contributed by atoms with Crippen molar-refractivity contribution < 1.29 is 24.2 Å². The van der Waals surface area contributed by atoms with Gasteiger partial charge < -0.3 is 15.2 Å². The zero-order valence-corrected chi connectivity index (χ0v) is 18.1. The Balaban J connectivity index is 1.61. The fourth-order valence-electron chi connectivity index (χ4n) is 5.32. The standard InChI is InChI=1S/C23H22ClN3O5/c1-32-10-9-27-20(29)17-16(11-12-5-7-13(28)8-6-12)26-23(18(17)21(27)30)14-3-2-4-15(24)19(14)25-22(23)31/h2-8,16-18,26,28H,9-11H2,1H3,(H,25,31)/t16-,17-,18+,23+/m1/s1. The Morgan fingerprint density at radius 2 is 1.88 bits per heavy atom. The molecular formula is C23H22ClN3O5. The van der Waals surface area contributed by atoms with Gasteiger partial charge in [0.1, 0.15) is 11.3 Å². The first-order valence-corrected chi connectivity index (χ1v) is 10.8. The van der Waals surface area contributed by atoms with Crippen molar-refractivity contribution in [2.45, 2.75) is 18.0 Å². The number of carbonyl (C=O) groups is 3. The molecule has 0 unspecified atom stereocenters. The number of para-hydroxylation sites is 1. The van der Waals surface area contributed by atoms with Crippen molar-refractivity contribution in [1.82, 2.24) is 10.2 Å². The van der Waals surface area contributed by atoms with Gasteiger partial charge in [-0.3, -0.25) is 24.6 Å². The first kappa shape index (κ1) is 20.9. The van der Waals surface area contributed by atoms with Crippen LogP contribution in [0.2, 0.25) is 5.02 Å². The largest absolute Gasteiger partial charge is 0.508 e. The lowest BCUT2D eigenvalue weighted by Gasteiger charge is -2.29. The van der Waals surface area contributed by atoms with Crippen molar-refractivity contribution in [3.8, 4) is 5.75 Å². The number of likely N-dealkylation sites (tertiary alicyclic amines) is 1. The summed E-state index contributed by atoms with van der Waals surface area (Å²) in [5, 5.41) is 16.2. The number of halogens is 1. The highest BCUT2D eigenvalue weighted by atomic mass is 35.5. The maximum Gasteiger partial charge on any atom is 0.250 e. The van der Waals surface area contributed by atoms with Gasteiger partial charge in [0.05, 0.1) is 35.7 Å². The van der Waals surface area contributed by atoms with E-state index in [1.165, 1.54) is 12.0 Å². The van der Waals surface area contributed by atoms with Crippen LogP contribution in [-0.4, -0.2) is 54.0 Å². The Morgan fingerprint density at radius 1 is 1.12 bits per heavy atom. The normalized spacial score (nSPS) is 28.4. The molecule has 166 valence electrons. The van der Waals surface area contributed by atoms with Crippen LogP contribution in [0.3, 0.4) is 0 Å². The van der Waals surface area contributed by atoms with Crippen molar-refractivity contribution in [2.24, 2.45) is 11.8 Å². The molecule has 3 heterocycles. The Morgan fingerprint density at radius 3 is 2.59 bits per heavy atom. The number of methoxy groups -OCH3 is 1. The molecule has 3 amide bonds. The van der Waals surface area contributed by atoms with Crippen LogP contribution in [0.25, 0.3) is 0 Å². The fourth-order valence-corrected chi connectivity index (χ4v) is 5.54. The van der Waals surface area contributed by atoms with Gasteiger partial charge in [-0.25, -0.2) is 0 Å². The third-order valence-corrected chi connectivity index (χ3v) is 7.02. The summed E-state index contributed by atoms with van der Waals surface area (Å²) in [4.78, 5) is 41.5. The number of hydrogen-bond acceptors (Lipinski definition) is 6. The minimum atomic E-state index is -1.39. The summed E-state index contributed by atoms with van der Waals surface area (Å²) in [5.74, 6) is -2.57. The average Bonchev–Trinajstić information content (AvgIpc) is 3.35. The summed E-state index contributed by atoms with van der Waals surface area (Å²) in [6, 6.07) is 11.4. The molecule has 3 aliphatic heterocycles. The molecule has 4 atom stereocenters. The minimum Gasteiger partial charge on any atom is -0.508 e. The van der Waals surface area contributed by atoms with Gasteiger partial charge in [0.2, 0.25) is 17.7 Å². The van der Waals surface area contributed by atoms with Gasteiger partial charge in [-0.05, 0) is 30.2 Å². The van der Waals surface area contributed by atoms with E-state index in [0.717, 1.165) is 5.56 Å². The van der Waals surface area contributed by atoms with E-state index in [9.17, 15) is 19.5 Å². The number of nitrogens with zero attached hydrogens (tertiary/aromatic N) is 1. The lowest BCUT2D eigenvalue weighted by Crippen LogP contribution is -2.53. The lowest BCUT2D eigenvalue weighted by atomic mass is 9.76. The SMILES string of the molecule is COCCN1C(=O)[C@H]2[C@@H](C1=O)[C@]1(N[C@@H]2Cc2ccc(O)cc2)C(=O)Nc2c(Cl)cccc21. The van der Waals surface area contributed by atoms with Crippen LogP contribution in [0.4, 0.5) is 5.69 Å². The summed E-state index contributed by atoms with van der Waals surface area (Å²) in [5.41, 5.74) is 0.525. The molecule has 0 saturated carbocycles. The van der Waals surface area contributed by atoms with Gasteiger partial charge in [0, 0.05) is 18.7 Å². The third kappa shape index (κ3) is 2.87. The number of nitrogens with one attached hydrogen (secondary N) is 2. The monoisotopic (exact) mass is 455 g/mol. The zero-order valence-electron chi connectivity index (χ0n) is 17.3. The second-order valence-electron chi connectivity index (χ2n) is 8.37. The van der Waals surface area contributed by atoms with Gasteiger partial charge in [0.25, 0.3) is 0 Å². The first-order valence-electron chi connectivity index (χ1n) is 10.4. The molecule has 8 nitrogen and oxygen atoms in total. The van der Waals surface area contributed by atoms with E-state index < -0.39 is 29.3 Å². The third-order valence-electron chi connectivity index (χ3n) is 6.70. The summed E-state index contributed by atoms with van der Waals surface area (Å²) < 4.78 is 5.08. The maximum absolute atomic E-state index is 13.5. The van der Waals surface area contributed by atoms with Crippen molar-refractivity contribution in [3.63, 3.8) is 0 Å². The number of imide groups is 1. The second-order valence-corrected chi connectivity index (χ2v) is 8.78. The first-order chi connectivity index (χ1) is 15.4. The highest BCUT2D eigenvalue weighted by molar-refractivity contribution is 6.35. The van der Waals surface area contributed by atoms with Crippen LogP contribution in [0.1, 0.15) is 11.1 Å². The Kier molecular flexibility index (Phi) is 4.96. The number of aromatic hydroxyl groups is 1. The van der Waals surface area contributed by atoms with E-state index in [2.05, 4.69) is 10.6 Å². The van der Waals surface area contributed by atoms with E-state index in [-0.39, 0.29) is 30.7 Å². The Hall–Kier alpha value is -2.94. The molecule has 2 aromatic carbocycles. The molecule has 0 radical (unpaired) electrons. The van der Waals surface area contributed by atoms with E-state index in [0.29, 0.717) is 22.7 Å². The van der Waals surface area contributed by atoms with Crippen LogP contribution >= 0.6 is 11.6 Å². The number of benzene rings is 2. The predicted molar refractivity (Wildman–Crippen MR) is 116 cm³/mol. The zero-order chi connectivity index (χ0) is 22.6. The van der Waals surface area contributed by atoms with E-state index in [1.54, 1.807) is 42.5 Å². The van der Waals surface area contributed by atoms with Gasteiger partial charge >= 0.3 is 0 Å². The van der Waals surface area contributed by atoms with Crippen LogP contribution in [0.5, 0.6) is 5.75 Å². The van der Waals surface area contributed by atoms with E-state index >= 15 is 0 Å². The van der Waals surface area contributed by atoms with Crippen LogP contribution in [0.15, 0.2) is 42.5 Å². The van der Waals surface area contributed by atoms with Gasteiger partial charge in [-0.2, -0.15) is 0 Å². The number of carbonyl (C=O) groups excluding carboxylic acids is 3. The molecule has 0 aliphatic carbocycles. The van der Waals surface area contributed by atoms with Gasteiger partial charge in [-0.1, -0.05) is 35.9 Å². The molecule has 2 fully saturated rings. The number of hydrogen-bond donors (Lipinski definition) is 3. The molecular weight excluding hydrogens is 434 g/mol. The van der Waals surface area contributed by atoms with Gasteiger partial charge in [-0.15, -0.1) is 0 Å². The molecule has 3 N–H and O–H groups in total. The number of phenols is 1. The molecule has 9 heteroatoms. The summed E-state index contributed by atoms with van der Waals surface area (Å²) in [7, 11) is 1.51. The predicted octanol–water partition coefficient (Wildman–Crippen LogP) is 1.66. The summed E-state index contributed by atoms with van der Waals surface area (Å²) >= 11 is 6.34. The van der Waals surface area contributed by atoms with E-state index in [4.69, 9.17) is 16.3 Å². The number of amides is 3.